The van der Waals surface area contributed by atoms with Crippen LogP contribution in [0.2, 0.25) is 0 Å². The summed E-state index contributed by atoms with van der Waals surface area (Å²) in [4.78, 5) is 0. The third-order valence-corrected chi connectivity index (χ3v) is 2.56. The largest absolute Gasteiger partial charge is 0.396 e. The van der Waals surface area contributed by atoms with E-state index in [-0.39, 0.29) is 17.6 Å². The molecule has 0 aliphatic rings. The van der Waals surface area contributed by atoms with E-state index in [1.165, 1.54) is 12.1 Å². The summed E-state index contributed by atoms with van der Waals surface area (Å²) in [6.45, 7) is 5.15. The van der Waals surface area contributed by atoms with Crippen molar-refractivity contribution in [3.05, 3.63) is 35.4 Å². The molecule has 4 heteroatoms. The molecular formula is C13H19F2NO. The zero-order chi connectivity index (χ0) is 12.9. The Morgan fingerprint density at radius 3 is 2.65 bits per heavy atom. The number of rotatable bonds is 6. The van der Waals surface area contributed by atoms with Crippen molar-refractivity contribution in [2.24, 2.45) is 5.41 Å². The highest BCUT2D eigenvalue weighted by Crippen LogP contribution is 2.19. The summed E-state index contributed by atoms with van der Waals surface area (Å²) in [6.07, 6.45) is -2.43. The summed E-state index contributed by atoms with van der Waals surface area (Å²) in [5.74, 6) is 0. The average molecular weight is 243 g/mol. The first-order valence-corrected chi connectivity index (χ1v) is 5.63. The lowest BCUT2D eigenvalue weighted by Crippen LogP contribution is -2.31. The van der Waals surface area contributed by atoms with E-state index in [4.69, 9.17) is 5.11 Å². The number of aliphatic hydroxyl groups is 1. The van der Waals surface area contributed by atoms with Crippen molar-refractivity contribution in [2.75, 3.05) is 13.2 Å². The molecule has 2 N–H and O–H groups in total. The maximum absolute atomic E-state index is 12.5. The molecule has 0 heterocycles. The molecule has 0 amide bonds. The fourth-order valence-electron chi connectivity index (χ4n) is 1.44. The first-order chi connectivity index (χ1) is 7.94. The minimum Gasteiger partial charge on any atom is -0.396 e. The molecule has 0 saturated heterocycles. The number of hydrogen-bond acceptors (Lipinski definition) is 2. The number of benzene rings is 1. The number of halogens is 2. The van der Waals surface area contributed by atoms with Gasteiger partial charge >= 0.3 is 0 Å². The Labute approximate surface area is 101 Å². The fraction of sp³-hybridized carbons (Fsp3) is 0.538. The molecule has 0 bridgehead atoms. The Bertz CT molecular complexity index is 353. The molecule has 1 aromatic carbocycles. The summed E-state index contributed by atoms with van der Waals surface area (Å²) in [5.41, 5.74) is 0.683. The van der Waals surface area contributed by atoms with Crippen LogP contribution in [0.15, 0.2) is 24.3 Å². The molecule has 0 aliphatic heterocycles. The maximum Gasteiger partial charge on any atom is 0.263 e. The predicted molar refractivity (Wildman–Crippen MR) is 64.0 cm³/mol. The normalized spacial score (nSPS) is 12.1. The minimum absolute atomic E-state index is 0.0470. The van der Waals surface area contributed by atoms with Crippen LogP contribution >= 0.6 is 0 Å². The highest BCUT2D eigenvalue weighted by atomic mass is 19.3. The number of aliphatic hydroxyl groups excluding tert-OH is 1. The lowest BCUT2D eigenvalue weighted by molar-refractivity contribution is 0.151. The van der Waals surface area contributed by atoms with Crippen LogP contribution in [0.3, 0.4) is 0 Å². The molecule has 0 atom stereocenters. The molecule has 0 saturated carbocycles. The topological polar surface area (TPSA) is 32.3 Å². The van der Waals surface area contributed by atoms with Gasteiger partial charge in [0.05, 0.1) is 0 Å². The van der Waals surface area contributed by atoms with Crippen LogP contribution in [0.5, 0.6) is 0 Å². The molecule has 0 spiro atoms. The minimum atomic E-state index is -2.43. The number of hydrogen-bond donors (Lipinski definition) is 2. The molecular weight excluding hydrogens is 224 g/mol. The van der Waals surface area contributed by atoms with E-state index in [0.717, 1.165) is 5.56 Å². The molecule has 2 nitrogen and oxygen atoms in total. The summed E-state index contributed by atoms with van der Waals surface area (Å²) in [7, 11) is 0. The standard InChI is InChI=1S/C13H19F2NO/c1-13(2,9-17)8-16-7-10-4-3-5-11(6-10)12(14)15/h3-6,12,16-17H,7-9H2,1-2H3. The van der Waals surface area contributed by atoms with Gasteiger partial charge in [0.2, 0.25) is 0 Å². The van der Waals surface area contributed by atoms with E-state index in [2.05, 4.69) is 5.32 Å². The Kier molecular flexibility index (Phi) is 5.02. The summed E-state index contributed by atoms with van der Waals surface area (Å²) < 4.78 is 24.9. The molecule has 0 fully saturated rings. The quantitative estimate of drug-likeness (QED) is 0.805. The smallest absolute Gasteiger partial charge is 0.263 e. The van der Waals surface area contributed by atoms with Gasteiger partial charge in [-0.3, -0.25) is 0 Å². The second-order valence-corrected chi connectivity index (χ2v) is 4.97. The van der Waals surface area contributed by atoms with Crippen molar-refractivity contribution in [3.63, 3.8) is 0 Å². The van der Waals surface area contributed by atoms with Gasteiger partial charge in [-0.05, 0) is 11.6 Å². The van der Waals surface area contributed by atoms with Crippen LogP contribution in [0, 0.1) is 5.41 Å². The highest BCUT2D eigenvalue weighted by molar-refractivity contribution is 5.24. The zero-order valence-corrected chi connectivity index (χ0v) is 10.2. The van der Waals surface area contributed by atoms with Crippen LogP contribution in [0.25, 0.3) is 0 Å². The molecule has 96 valence electrons. The Morgan fingerprint density at radius 2 is 2.06 bits per heavy atom. The van der Waals surface area contributed by atoms with Crippen molar-refractivity contribution < 1.29 is 13.9 Å². The van der Waals surface area contributed by atoms with Crippen molar-refractivity contribution in [2.45, 2.75) is 26.8 Å². The Balaban J connectivity index is 2.50. The summed E-state index contributed by atoms with van der Waals surface area (Å²) in [6, 6.07) is 6.37. The van der Waals surface area contributed by atoms with E-state index in [1.807, 2.05) is 19.9 Å². The number of nitrogens with one attached hydrogen (secondary N) is 1. The monoisotopic (exact) mass is 243 g/mol. The summed E-state index contributed by atoms with van der Waals surface area (Å²) >= 11 is 0. The average Bonchev–Trinajstić information content (AvgIpc) is 2.29. The van der Waals surface area contributed by atoms with Crippen LogP contribution in [0.1, 0.15) is 31.4 Å². The zero-order valence-electron chi connectivity index (χ0n) is 10.2. The molecule has 0 aromatic heterocycles. The molecule has 0 aliphatic carbocycles. The molecule has 1 aromatic rings. The van der Waals surface area contributed by atoms with Crippen molar-refractivity contribution >= 4 is 0 Å². The van der Waals surface area contributed by atoms with Gasteiger partial charge in [0.1, 0.15) is 0 Å². The van der Waals surface area contributed by atoms with Crippen LogP contribution in [0.4, 0.5) is 8.78 Å². The van der Waals surface area contributed by atoms with E-state index < -0.39 is 6.43 Å². The Morgan fingerprint density at radius 1 is 1.35 bits per heavy atom. The van der Waals surface area contributed by atoms with Crippen molar-refractivity contribution in [1.82, 2.24) is 5.32 Å². The predicted octanol–water partition coefficient (Wildman–Crippen LogP) is 2.73. The molecule has 17 heavy (non-hydrogen) atoms. The van der Waals surface area contributed by atoms with E-state index in [0.29, 0.717) is 13.1 Å². The summed E-state index contributed by atoms with van der Waals surface area (Å²) in [5, 5.41) is 12.2. The van der Waals surface area contributed by atoms with Crippen molar-refractivity contribution in [1.29, 1.82) is 0 Å². The van der Waals surface area contributed by atoms with Crippen LogP contribution < -0.4 is 5.32 Å². The van der Waals surface area contributed by atoms with Gasteiger partial charge in [0.15, 0.2) is 0 Å². The van der Waals surface area contributed by atoms with Gasteiger partial charge in [-0.25, -0.2) is 8.78 Å². The molecule has 1 rings (SSSR count). The third kappa shape index (κ3) is 4.79. The van der Waals surface area contributed by atoms with Crippen molar-refractivity contribution in [3.8, 4) is 0 Å². The Hall–Kier alpha value is -1.00. The van der Waals surface area contributed by atoms with E-state index in [9.17, 15) is 8.78 Å². The lowest BCUT2D eigenvalue weighted by atomic mass is 9.95. The fourth-order valence-corrected chi connectivity index (χ4v) is 1.44. The van der Waals surface area contributed by atoms with Gasteiger partial charge < -0.3 is 10.4 Å². The highest BCUT2D eigenvalue weighted by Gasteiger charge is 2.15. The van der Waals surface area contributed by atoms with Gasteiger partial charge in [-0.15, -0.1) is 0 Å². The van der Waals surface area contributed by atoms with Gasteiger partial charge in [0.25, 0.3) is 6.43 Å². The van der Waals surface area contributed by atoms with Gasteiger partial charge in [-0.2, -0.15) is 0 Å². The first kappa shape index (κ1) is 14.1. The van der Waals surface area contributed by atoms with E-state index in [1.54, 1.807) is 6.07 Å². The first-order valence-electron chi connectivity index (χ1n) is 5.63. The molecule has 0 unspecified atom stereocenters. The second kappa shape index (κ2) is 6.07. The SMILES string of the molecule is CC(C)(CO)CNCc1cccc(C(F)F)c1. The number of alkyl halides is 2. The van der Waals surface area contributed by atoms with E-state index >= 15 is 0 Å². The van der Waals surface area contributed by atoms with Crippen LogP contribution in [-0.2, 0) is 6.54 Å². The molecule has 0 radical (unpaired) electrons. The lowest BCUT2D eigenvalue weighted by Gasteiger charge is -2.22. The van der Waals surface area contributed by atoms with Gasteiger partial charge in [0, 0.05) is 30.7 Å². The second-order valence-electron chi connectivity index (χ2n) is 4.97. The maximum atomic E-state index is 12.5. The van der Waals surface area contributed by atoms with Gasteiger partial charge in [-0.1, -0.05) is 32.0 Å². The third-order valence-electron chi connectivity index (χ3n) is 2.56. The van der Waals surface area contributed by atoms with Crippen LogP contribution in [-0.4, -0.2) is 18.3 Å².